The lowest BCUT2D eigenvalue weighted by Gasteiger charge is -2.33. The molecule has 0 bridgehead atoms. The van der Waals surface area contributed by atoms with Gasteiger partial charge in [-0.25, -0.2) is 8.78 Å². The third-order valence-corrected chi connectivity index (χ3v) is 3.80. The van der Waals surface area contributed by atoms with Gasteiger partial charge in [0.05, 0.1) is 5.56 Å². The van der Waals surface area contributed by atoms with E-state index < -0.39 is 17.5 Å². The molecule has 1 fully saturated rings. The Labute approximate surface area is 112 Å². The minimum absolute atomic E-state index is 0.160. The summed E-state index contributed by atoms with van der Waals surface area (Å²) in [5.41, 5.74) is -0.160. The topological polar surface area (TPSA) is 20.3 Å². The summed E-state index contributed by atoms with van der Waals surface area (Å²) in [5.74, 6) is -2.40. The predicted molar refractivity (Wildman–Crippen MR) is 69.9 cm³/mol. The van der Waals surface area contributed by atoms with Gasteiger partial charge in [-0.3, -0.25) is 4.79 Å². The zero-order valence-electron chi connectivity index (χ0n) is 11.2. The van der Waals surface area contributed by atoms with E-state index in [9.17, 15) is 13.6 Å². The normalized spacial score (nSPS) is 16.4. The van der Waals surface area contributed by atoms with Gasteiger partial charge >= 0.3 is 0 Å². The summed E-state index contributed by atoms with van der Waals surface area (Å²) in [6.45, 7) is 2.41. The summed E-state index contributed by atoms with van der Waals surface area (Å²) < 4.78 is 26.9. The molecule has 19 heavy (non-hydrogen) atoms. The van der Waals surface area contributed by atoms with E-state index in [1.54, 1.807) is 4.90 Å². The maximum absolute atomic E-state index is 13.7. The Kier molecular flexibility index (Phi) is 4.51. The number of amides is 1. The zero-order valence-corrected chi connectivity index (χ0v) is 11.2. The van der Waals surface area contributed by atoms with Crippen LogP contribution in [0.2, 0.25) is 0 Å². The minimum atomic E-state index is -1.04. The molecule has 0 heterocycles. The SMILES string of the molecule is CCN(C(=O)c1cccc(F)c1F)C1CCCCC1. The molecule has 1 saturated carbocycles. The van der Waals surface area contributed by atoms with Gasteiger partial charge in [-0.05, 0) is 31.9 Å². The molecule has 104 valence electrons. The summed E-state index contributed by atoms with van der Waals surface area (Å²) in [5, 5.41) is 0. The summed E-state index contributed by atoms with van der Waals surface area (Å²) >= 11 is 0. The molecule has 0 N–H and O–H groups in total. The van der Waals surface area contributed by atoms with Gasteiger partial charge in [-0.1, -0.05) is 25.3 Å². The smallest absolute Gasteiger partial charge is 0.257 e. The number of rotatable bonds is 3. The van der Waals surface area contributed by atoms with Crippen LogP contribution in [0.25, 0.3) is 0 Å². The van der Waals surface area contributed by atoms with Crippen LogP contribution in [0.1, 0.15) is 49.4 Å². The van der Waals surface area contributed by atoms with Crippen molar-refractivity contribution in [1.29, 1.82) is 0 Å². The monoisotopic (exact) mass is 267 g/mol. The highest BCUT2D eigenvalue weighted by atomic mass is 19.2. The number of halogens is 2. The molecule has 1 amide bonds. The van der Waals surface area contributed by atoms with Crippen LogP contribution in [-0.4, -0.2) is 23.4 Å². The lowest BCUT2D eigenvalue weighted by atomic mass is 9.93. The Hall–Kier alpha value is -1.45. The van der Waals surface area contributed by atoms with Crippen LogP contribution in [0.3, 0.4) is 0 Å². The first-order valence-corrected chi connectivity index (χ1v) is 6.90. The first kappa shape index (κ1) is 14.0. The molecule has 0 unspecified atom stereocenters. The maximum Gasteiger partial charge on any atom is 0.257 e. The second-order valence-corrected chi connectivity index (χ2v) is 4.98. The first-order chi connectivity index (χ1) is 9.15. The van der Waals surface area contributed by atoms with Crippen LogP contribution in [0.5, 0.6) is 0 Å². The molecule has 0 radical (unpaired) electrons. The standard InChI is InChI=1S/C15H19F2NO/c1-2-18(11-7-4-3-5-8-11)15(19)12-9-6-10-13(16)14(12)17/h6,9-11H,2-5,7-8H2,1H3. The van der Waals surface area contributed by atoms with E-state index in [-0.39, 0.29) is 11.6 Å². The average Bonchev–Trinajstić information content (AvgIpc) is 2.44. The molecule has 0 aromatic heterocycles. The van der Waals surface area contributed by atoms with Crippen LogP contribution < -0.4 is 0 Å². The highest BCUT2D eigenvalue weighted by Gasteiger charge is 2.27. The predicted octanol–water partition coefficient (Wildman–Crippen LogP) is 3.76. The minimum Gasteiger partial charge on any atom is -0.336 e. The summed E-state index contributed by atoms with van der Waals surface area (Å²) in [4.78, 5) is 14.0. The lowest BCUT2D eigenvalue weighted by Crippen LogP contribution is -2.41. The maximum atomic E-state index is 13.7. The van der Waals surface area contributed by atoms with Gasteiger partial charge < -0.3 is 4.90 Å². The van der Waals surface area contributed by atoms with Crippen molar-refractivity contribution in [3.63, 3.8) is 0 Å². The van der Waals surface area contributed by atoms with Crippen molar-refractivity contribution in [2.45, 2.75) is 45.1 Å². The van der Waals surface area contributed by atoms with Crippen LogP contribution in [-0.2, 0) is 0 Å². The second-order valence-electron chi connectivity index (χ2n) is 4.98. The molecule has 0 atom stereocenters. The van der Waals surface area contributed by atoms with E-state index in [1.807, 2.05) is 6.92 Å². The van der Waals surface area contributed by atoms with Crippen molar-refractivity contribution in [3.8, 4) is 0 Å². The van der Waals surface area contributed by atoms with Crippen LogP contribution in [0.15, 0.2) is 18.2 Å². The summed E-state index contributed by atoms with van der Waals surface area (Å²) in [7, 11) is 0. The number of hydrogen-bond donors (Lipinski definition) is 0. The largest absolute Gasteiger partial charge is 0.336 e. The van der Waals surface area contributed by atoms with E-state index in [1.165, 1.54) is 18.6 Å². The van der Waals surface area contributed by atoms with Gasteiger partial charge in [-0.15, -0.1) is 0 Å². The van der Waals surface area contributed by atoms with Gasteiger partial charge in [0.25, 0.3) is 5.91 Å². The molecule has 0 aliphatic heterocycles. The van der Waals surface area contributed by atoms with Crippen molar-refractivity contribution >= 4 is 5.91 Å². The molecular weight excluding hydrogens is 248 g/mol. The number of nitrogens with zero attached hydrogens (tertiary/aromatic N) is 1. The molecule has 1 aromatic carbocycles. The number of carbonyl (C=O) groups is 1. The Bertz CT molecular complexity index is 455. The Morgan fingerprint density at radius 3 is 2.58 bits per heavy atom. The van der Waals surface area contributed by atoms with Crippen molar-refractivity contribution in [3.05, 3.63) is 35.4 Å². The lowest BCUT2D eigenvalue weighted by molar-refractivity contribution is 0.0642. The average molecular weight is 267 g/mol. The highest BCUT2D eigenvalue weighted by Crippen LogP contribution is 2.24. The molecule has 0 spiro atoms. The Morgan fingerprint density at radius 1 is 1.26 bits per heavy atom. The fourth-order valence-electron chi connectivity index (χ4n) is 2.78. The van der Waals surface area contributed by atoms with Crippen LogP contribution >= 0.6 is 0 Å². The highest BCUT2D eigenvalue weighted by molar-refractivity contribution is 5.94. The number of carbonyl (C=O) groups excluding carboxylic acids is 1. The van der Waals surface area contributed by atoms with E-state index in [4.69, 9.17) is 0 Å². The van der Waals surface area contributed by atoms with Gasteiger partial charge in [-0.2, -0.15) is 0 Å². The van der Waals surface area contributed by atoms with E-state index in [0.717, 1.165) is 31.7 Å². The third kappa shape index (κ3) is 2.94. The quantitative estimate of drug-likeness (QED) is 0.816. The molecule has 1 aromatic rings. The molecule has 2 rings (SSSR count). The second kappa shape index (κ2) is 6.13. The molecule has 1 aliphatic carbocycles. The van der Waals surface area contributed by atoms with E-state index in [2.05, 4.69) is 0 Å². The van der Waals surface area contributed by atoms with Gasteiger partial charge in [0, 0.05) is 12.6 Å². The van der Waals surface area contributed by atoms with Crippen LogP contribution in [0, 0.1) is 11.6 Å². The van der Waals surface area contributed by atoms with Crippen molar-refractivity contribution in [1.82, 2.24) is 4.90 Å². The first-order valence-electron chi connectivity index (χ1n) is 6.90. The zero-order chi connectivity index (χ0) is 13.8. The fraction of sp³-hybridized carbons (Fsp3) is 0.533. The fourth-order valence-corrected chi connectivity index (χ4v) is 2.78. The van der Waals surface area contributed by atoms with Gasteiger partial charge in [0.1, 0.15) is 0 Å². The molecule has 4 heteroatoms. The summed E-state index contributed by atoms with van der Waals surface area (Å²) in [6, 6.07) is 3.92. The molecule has 0 saturated heterocycles. The summed E-state index contributed by atoms with van der Waals surface area (Å²) in [6.07, 6.45) is 5.30. The molecule has 1 aliphatic rings. The Balaban J connectivity index is 2.22. The molecular formula is C15H19F2NO. The van der Waals surface area contributed by atoms with E-state index in [0.29, 0.717) is 6.54 Å². The van der Waals surface area contributed by atoms with Crippen molar-refractivity contribution in [2.75, 3.05) is 6.54 Å². The van der Waals surface area contributed by atoms with Crippen LogP contribution in [0.4, 0.5) is 8.78 Å². The van der Waals surface area contributed by atoms with E-state index >= 15 is 0 Å². The van der Waals surface area contributed by atoms with Crippen molar-refractivity contribution in [2.24, 2.45) is 0 Å². The Morgan fingerprint density at radius 2 is 1.95 bits per heavy atom. The number of hydrogen-bond acceptors (Lipinski definition) is 1. The van der Waals surface area contributed by atoms with Crippen molar-refractivity contribution < 1.29 is 13.6 Å². The van der Waals surface area contributed by atoms with Gasteiger partial charge in [0.2, 0.25) is 0 Å². The number of benzene rings is 1. The van der Waals surface area contributed by atoms with Gasteiger partial charge in [0.15, 0.2) is 11.6 Å². The molecule has 2 nitrogen and oxygen atoms in total. The third-order valence-electron chi connectivity index (χ3n) is 3.80.